The Hall–Kier alpha value is -2.19. The molecule has 1 aliphatic rings. The molecule has 0 atom stereocenters. The molecule has 0 aliphatic carbocycles. The first-order chi connectivity index (χ1) is 11.6. The first-order valence-electron chi connectivity index (χ1n) is 7.66. The largest absolute Gasteiger partial charge is 0.497 e. The highest BCUT2D eigenvalue weighted by Crippen LogP contribution is 2.25. The zero-order valence-electron chi connectivity index (χ0n) is 13.3. The number of sulfonamides is 1. The minimum Gasteiger partial charge on any atom is -0.497 e. The van der Waals surface area contributed by atoms with Crippen LogP contribution in [0.3, 0.4) is 0 Å². The molecular formula is C16H19N3O4S. The van der Waals surface area contributed by atoms with Crippen molar-refractivity contribution in [3.8, 4) is 11.6 Å². The Morgan fingerprint density at radius 3 is 2.67 bits per heavy atom. The van der Waals surface area contributed by atoms with Gasteiger partial charge in [-0.15, -0.1) is 0 Å². The molecule has 0 radical (unpaired) electrons. The lowest BCUT2D eigenvalue weighted by Crippen LogP contribution is -2.41. The van der Waals surface area contributed by atoms with Crippen molar-refractivity contribution in [3.05, 3.63) is 42.9 Å². The molecular weight excluding hydrogens is 330 g/mol. The van der Waals surface area contributed by atoms with Crippen LogP contribution in [-0.4, -0.2) is 49.0 Å². The number of ether oxygens (including phenoxy) is 2. The summed E-state index contributed by atoms with van der Waals surface area (Å²) in [4.78, 5) is 8.28. The summed E-state index contributed by atoms with van der Waals surface area (Å²) in [6.07, 6.45) is 5.87. The van der Waals surface area contributed by atoms with Crippen LogP contribution in [0.5, 0.6) is 11.6 Å². The maximum absolute atomic E-state index is 12.7. The molecule has 0 amide bonds. The predicted octanol–water partition coefficient (Wildman–Crippen LogP) is 1.72. The SMILES string of the molecule is COc1cccc(S(=O)(=O)N2CCC(Oc3cnccn3)CC2)c1. The summed E-state index contributed by atoms with van der Waals surface area (Å²) < 4.78 is 37.8. The summed E-state index contributed by atoms with van der Waals surface area (Å²) in [6.45, 7) is 0.814. The van der Waals surface area contributed by atoms with E-state index in [4.69, 9.17) is 9.47 Å². The molecule has 0 spiro atoms. The third kappa shape index (κ3) is 3.65. The lowest BCUT2D eigenvalue weighted by atomic mass is 10.1. The molecule has 1 saturated heterocycles. The van der Waals surface area contributed by atoms with Crippen molar-refractivity contribution < 1.29 is 17.9 Å². The van der Waals surface area contributed by atoms with Gasteiger partial charge >= 0.3 is 0 Å². The third-order valence-electron chi connectivity index (χ3n) is 3.91. The molecule has 3 rings (SSSR count). The van der Waals surface area contributed by atoms with Gasteiger partial charge in [-0.25, -0.2) is 13.4 Å². The minimum atomic E-state index is -3.52. The zero-order chi connectivity index (χ0) is 17.0. The van der Waals surface area contributed by atoms with Gasteiger partial charge in [-0.2, -0.15) is 4.31 Å². The zero-order valence-corrected chi connectivity index (χ0v) is 14.1. The van der Waals surface area contributed by atoms with E-state index in [1.165, 1.54) is 17.5 Å². The average molecular weight is 349 g/mol. The van der Waals surface area contributed by atoms with E-state index in [0.717, 1.165) is 0 Å². The average Bonchev–Trinajstić information content (AvgIpc) is 2.63. The third-order valence-corrected chi connectivity index (χ3v) is 5.80. The van der Waals surface area contributed by atoms with Crippen molar-refractivity contribution >= 4 is 10.0 Å². The normalized spacial score (nSPS) is 16.7. The van der Waals surface area contributed by atoms with E-state index in [9.17, 15) is 8.42 Å². The minimum absolute atomic E-state index is 0.0570. The molecule has 0 saturated carbocycles. The van der Waals surface area contributed by atoms with Gasteiger partial charge in [-0.05, 0) is 25.0 Å². The lowest BCUT2D eigenvalue weighted by molar-refractivity contribution is 0.129. The molecule has 0 N–H and O–H groups in total. The number of aromatic nitrogens is 2. The van der Waals surface area contributed by atoms with Crippen LogP contribution in [0, 0.1) is 0 Å². The standard InChI is InChI=1S/C16H19N3O4S/c1-22-14-3-2-4-15(11-14)24(20,21)19-9-5-13(6-10-19)23-16-12-17-7-8-18-16/h2-4,7-8,11-13H,5-6,9-10H2,1H3. The van der Waals surface area contributed by atoms with Gasteiger partial charge in [0.15, 0.2) is 0 Å². The summed E-state index contributed by atoms with van der Waals surface area (Å²) in [5.41, 5.74) is 0. The van der Waals surface area contributed by atoms with Crippen LogP contribution in [0.4, 0.5) is 0 Å². The molecule has 1 aromatic heterocycles. The Morgan fingerprint density at radius 2 is 2.00 bits per heavy atom. The Kier molecular flexibility index (Phi) is 4.96. The molecule has 7 nitrogen and oxygen atoms in total. The molecule has 1 aliphatic heterocycles. The van der Waals surface area contributed by atoms with Crippen LogP contribution in [0.1, 0.15) is 12.8 Å². The molecule has 1 fully saturated rings. The highest BCUT2D eigenvalue weighted by atomic mass is 32.2. The highest BCUT2D eigenvalue weighted by molar-refractivity contribution is 7.89. The van der Waals surface area contributed by atoms with Crippen LogP contribution < -0.4 is 9.47 Å². The van der Waals surface area contributed by atoms with Gasteiger partial charge in [0.05, 0.1) is 18.2 Å². The van der Waals surface area contributed by atoms with Crippen LogP contribution >= 0.6 is 0 Å². The Bertz CT molecular complexity index is 775. The summed E-state index contributed by atoms with van der Waals surface area (Å²) in [7, 11) is -2.01. The van der Waals surface area contributed by atoms with Gasteiger partial charge in [-0.3, -0.25) is 4.98 Å². The van der Waals surface area contributed by atoms with Crippen molar-refractivity contribution in [2.24, 2.45) is 0 Å². The molecule has 0 bridgehead atoms. The lowest BCUT2D eigenvalue weighted by Gasteiger charge is -2.31. The van der Waals surface area contributed by atoms with Crippen LogP contribution in [0.15, 0.2) is 47.8 Å². The summed E-state index contributed by atoms with van der Waals surface area (Å²) in [5.74, 6) is 0.989. The fourth-order valence-electron chi connectivity index (χ4n) is 2.62. The van der Waals surface area contributed by atoms with Crippen LogP contribution in [-0.2, 0) is 10.0 Å². The van der Waals surface area contributed by atoms with Gasteiger partial charge in [-0.1, -0.05) is 6.07 Å². The van der Waals surface area contributed by atoms with Crippen molar-refractivity contribution in [2.75, 3.05) is 20.2 Å². The molecule has 8 heteroatoms. The van der Waals surface area contributed by atoms with Gasteiger partial charge < -0.3 is 9.47 Å². The first-order valence-corrected chi connectivity index (χ1v) is 9.10. The second kappa shape index (κ2) is 7.14. The Morgan fingerprint density at radius 1 is 1.21 bits per heavy atom. The molecule has 2 aromatic rings. The fourth-order valence-corrected chi connectivity index (χ4v) is 4.12. The van der Waals surface area contributed by atoms with E-state index in [-0.39, 0.29) is 11.0 Å². The van der Waals surface area contributed by atoms with E-state index in [2.05, 4.69) is 9.97 Å². The number of benzene rings is 1. The highest BCUT2D eigenvalue weighted by Gasteiger charge is 2.30. The monoisotopic (exact) mass is 349 g/mol. The summed E-state index contributed by atoms with van der Waals surface area (Å²) in [5, 5.41) is 0. The van der Waals surface area contributed by atoms with Gasteiger partial charge in [0.25, 0.3) is 0 Å². The number of hydrogen-bond donors (Lipinski definition) is 0. The maximum atomic E-state index is 12.7. The number of piperidine rings is 1. The molecule has 1 aromatic carbocycles. The number of nitrogens with zero attached hydrogens (tertiary/aromatic N) is 3. The smallest absolute Gasteiger partial charge is 0.243 e. The molecule has 128 valence electrons. The Balaban J connectivity index is 1.65. The van der Waals surface area contributed by atoms with Crippen molar-refractivity contribution in [1.29, 1.82) is 0 Å². The summed E-state index contributed by atoms with van der Waals surface area (Å²) in [6, 6.07) is 6.52. The predicted molar refractivity (Wildman–Crippen MR) is 87.4 cm³/mol. The quantitative estimate of drug-likeness (QED) is 0.817. The topological polar surface area (TPSA) is 81.6 Å². The van der Waals surface area contributed by atoms with E-state index >= 15 is 0 Å². The van der Waals surface area contributed by atoms with Crippen molar-refractivity contribution in [3.63, 3.8) is 0 Å². The summed E-state index contributed by atoms with van der Waals surface area (Å²) >= 11 is 0. The number of methoxy groups -OCH3 is 1. The second-order valence-corrected chi connectivity index (χ2v) is 7.38. The Labute approximate surface area is 141 Å². The number of hydrogen-bond acceptors (Lipinski definition) is 6. The van der Waals surface area contributed by atoms with E-state index in [0.29, 0.717) is 37.6 Å². The second-order valence-electron chi connectivity index (χ2n) is 5.44. The van der Waals surface area contributed by atoms with Gasteiger partial charge in [0.1, 0.15) is 11.9 Å². The van der Waals surface area contributed by atoms with Crippen LogP contribution in [0.2, 0.25) is 0 Å². The van der Waals surface area contributed by atoms with Crippen molar-refractivity contribution in [1.82, 2.24) is 14.3 Å². The maximum Gasteiger partial charge on any atom is 0.243 e. The van der Waals surface area contributed by atoms with E-state index in [1.807, 2.05) is 0 Å². The van der Waals surface area contributed by atoms with E-state index < -0.39 is 10.0 Å². The number of rotatable bonds is 5. The van der Waals surface area contributed by atoms with Crippen LogP contribution in [0.25, 0.3) is 0 Å². The molecule has 2 heterocycles. The van der Waals surface area contributed by atoms with Gasteiger partial charge in [0, 0.05) is 31.5 Å². The van der Waals surface area contributed by atoms with Crippen molar-refractivity contribution in [2.45, 2.75) is 23.8 Å². The first kappa shape index (κ1) is 16.7. The molecule has 24 heavy (non-hydrogen) atoms. The van der Waals surface area contributed by atoms with Gasteiger partial charge in [0.2, 0.25) is 15.9 Å². The van der Waals surface area contributed by atoms with E-state index in [1.54, 1.807) is 36.8 Å². The fraction of sp³-hybridized carbons (Fsp3) is 0.375. The molecule has 0 unspecified atom stereocenters.